The Morgan fingerprint density at radius 3 is 2.89 bits per heavy atom. The number of nitrogens with one attached hydrogen (secondary N) is 1. The summed E-state index contributed by atoms with van der Waals surface area (Å²) < 4.78 is 0. The number of hydrogen-bond donors (Lipinski definition) is 2. The van der Waals surface area contributed by atoms with Crippen molar-refractivity contribution in [2.24, 2.45) is 0 Å². The average Bonchev–Trinajstić information content (AvgIpc) is 2.64. The van der Waals surface area contributed by atoms with E-state index in [0.717, 1.165) is 12.1 Å². The first-order chi connectivity index (χ1) is 9.29. The quantitative estimate of drug-likeness (QED) is 0.856. The average molecular weight is 262 g/mol. The van der Waals surface area contributed by atoms with Crippen LogP contribution in [0.15, 0.2) is 24.3 Å². The molecule has 0 bridgehead atoms. The van der Waals surface area contributed by atoms with Gasteiger partial charge in [0.25, 0.3) is 0 Å². The number of likely N-dealkylation sites (tertiary alicyclic amines) is 1. The molecule has 2 N–H and O–H groups in total. The first kappa shape index (κ1) is 14.4. The molecular weight excluding hydrogens is 236 g/mol. The molecule has 1 fully saturated rings. The third-order valence-corrected chi connectivity index (χ3v) is 3.93. The second kappa shape index (κ2) is 7.51. The Bertz CT molecular complexity index is 381. The number of aromatic hydroxyl groups is 1. The maximum absolute atomic E-state index is 9.76. The minimum atomic E-state index is 0.399. The Kier molecular flexibility index (Phi) is 5.67. The molecule has 1 aromatic rings. The molecule has 19 heavy (non-hydrogen) atoms. The molecule has 2 rings (SSSR count). The van der Waals surface area contributed by atoms with Crippen LogP contribution in [0.2, 0.25) is 0 Å². The van der Waals surface area contributed by atoms with E-state index in [9.17, 15) is 5.11 Å². The van der Waals surface area contributed by atoms with E-state index in [2.05, 4.69) is 17.1 Å². The Labute approximate surface area is 116 Å². The molecule has 0 amide bonds. The van der Waals surface area contributed by atoms with Crippen LogP contribution in [0.3, 0.4) is 0 Å². The summed E-state index contributed by atoms with van der Waals surface area (Å²) in [7, 11) is 0. The van der Waals surface area contributed by atoms with Crippen molar-refractivity contribution in [3.63, 3.8) is 0 Å². The number of benzene rings is 1. The lowest BCUT2D eigenvalue weighted by Gasteiger charge is -2.19. The molecule has 0 spiro atoms. The molecular formula is C16H26N2O. The highest BCUT2D eigenvalue weighted by molar-refractivity contribution is 5.31. The number of hydrogen-bond acceptors (Lipinski definition) is 3. The molecule has 3 heteroatoms. The normalized spacial score (nSPS) is 21.2. The van der Waals surface area contributed by atoms with Gasteiger partial charge in [-0.25, -0.2) is 0 Å². The molecule has 3 nitrogen and oxygen atoms in total. The van der Waals surface area contributed by atoms with Gasteiger partial charge in [0.2, 0.25) is 0 Å². The fourth-order valence-electron chi connectivity index (χ4n) is 2.81. The van der Waals surface area contributed by atoms with Crippen LogP contribution in [-0.2, 0) is 6.54 Å². The van der Waals surface area contributed by atoms with Crippen LogP contribution in [0.4, 0.5) is 0 Å². The van der Waals surface area contributed by atoms with E-state index in [0.29, 0.717) is 11.8 Å². The smallest absolute Gasteiger partial charge is 0.120 e. The van der Waals surface area contributed by atoms with Crippen molar-refractivity contribution < 1.29 is 5.11 Å². The van der Waals surface area contributed by atoms with Gasteiger partial charge in [0.05, 0.1) is 0 Å². The Hall–Kier alpha value is -1.06. The summed E-state index contributed by atoms with van der Waals surface area (Å²) in [6.45, 7) is 6.69. The lowest BCUT2D eigenvalue weighted by atomic mass is 10.1. The largest absolute Gasteiger partial charge is 0.508 e. The highest BCUT2D eigenvalue weighted by atomic mass is 16.3. The van der Waals surface area contributed by atoms with E-state index in [1.165, 1.54) is 45.3 Å². The van der Waals surface area contributed by atoms with Crippen molar-refractivity contribution in [2.75, 3.05) is 19.6 Å². The summed E-state index contributed by atoms with van der Waals surface area (Å²) in [5.41, 5.74) is 0.997. The van der Waals surface area contributed by atoms with Gasteiger partial charge >= 0.3 is 0 Å². The number of nitrogens with zero attached hydrogens (tertiary/aromatic N) is 1. The fraction of sp³-hybridized carbons (Fsp3) is 0.625. The van der Waals surface area contributed by atoms with Crippen LogP contribution in [0, 0.1) is 0 Å². The highest BCUT2D eigenvalue weighted by Gasteiger charge is 2.16. The molecule has 1 aliphatic heterocycles. The fourth-order valence-corrected chi connectivity index (χ4v) is 2.81. The molecule has 1 heterocycles. The summed E-state index contributed by atoms with van der Waals surface area (Å²) in [6.07, 6.45) is 4.98. The van der Waals surface area contributed by atoms with Crippen molar-refractivity contribution in [3.8, 4) is 5.75 Å². The van der Waals surface area contributed by atoms with Gasteiger partial charge in [-0.2, -0.15) is 0 Å². The molecule has 0 saturated carbocycles. The van der Waals surface area contributed by atoms with Crippen molar-refractivity contribution in [1.82, 2.24) is 10.2 Å². The third-order valence-electron chi connectivity index (χ3n) is 3.93. The number of rotatable bonds is 5. The standard InChI is InChI=1S/C16H26N2O/c1-2-10-18-11-5-7-15(9-12-18)17-13-14-6-3-4-8-16(14)19/h3-4,6,8,15,17,19H,2,5,7,9-13H2,1H3. The molecule has 1 atom stereocenters. The zero-order chi connectivity index (χ0) is 13.5. The van der Waals surface area contributed by atoms with Gasteiger partial charge in [-0.15, -0.1) is 0 Å². The lowest BCUT2D eigenvalue weighted by molar-refractivity contribution is 0.282. The van der Waals surface area contributed by atoms with Gasteiger partial charge in [0.15, 0.2) is 0 Å². The summed E-state index contributed by atoms with van der Waals surface area (Å²) in [5, 5.41) is 13.4. The maximum atomic E-state index is 9.76. The van der Waals surface area contributed by atoms with Gasteiger partial charge in [-0.1, -0.05) is 25.1 Å². The van der Waals surface area contributed by atoms with Crippen LogP contribution in [-0.4, -0.2) is 35.7 Å². The SMILES string of the molecule is CCCN1CCCC(NCc2ccccc2O)CC1. The molecule has 1 aliphatic rings. The maximum Gasteiger partial charge on any atom is 0.120 e. The zero-order valence-electron chi connectivity index (χ0n) is 11.9. The third kappa shape index (κ3) is 4.51. The second-order valence-corrected chi connectivity index (χ2v) is 5.48. The van der Waals surface area contributed by atoms with Gasteiger partial charge in [-0.3, -0.25) is 0 Å². The monoisotopic (exact) mass is 262 g/mol. The predicted molar refractivity (Wildman–Crippen MR) is 79.3 cm³/mol. The summed E-state index contributed by atoms with van der Waals surface area (Å²) >= 11 is 0. The lowest BCUT2D eigenvalue weighted by Crippen LogP contribution is -2.30. The first-order valence-corrected chi connectivity index (χ1v) is 7.52. The zero-order valence-corrected chi connectivity index (χ0v) is 11.9. The molecule has 1 aromatic carbocycles. The van der Waals surface area contributed by atoms with Crippen molar-refractivity contribution in [3.05, 3.63) is 29.8 Å². The predicted octanol–water partition coefficient (Wildman–Crippen LogP) is 2.75. The summed E-state index contributed by atoms with van der Waals surface area (Å²) in [4.78, 5) is 2.57. The van der Waals surface area contributed by atoms with E-state index in [4.69, 9.17) is 0 Å². The van der Waals surface area contributed by atoms with Gasteiger partial charge in [0.1, 0.15) is 5.75 Å². The molecule has 1 unspecified atom stereocenters. The van der Waals surface area contributed by atoms with E-state index >= 15 is 0 Å². The van der Waals surface area contributed by atoms with E-state index in [-0.39, 0.29) is 0 Å². The van der Waals surface area contributed by atoms with Crippen molar-refractivity contribution >= 4 is 0 Å². The van der Waals surface area contributed by atoms with Crippen molar-refractivity contribution in [1.29, 1.82) is 0 Å². The Morgan fingerprint density at radius 2 is 2.11 bits per heavy atom. The number of para-hydroxylation sites is 1. The van der Waals surface area contributed by atoms with Gasteiger partial charge in [-0.05, 0) is 51.4 Å². The number of phenolic OH excluding ortho intramolecular Hbond substituents is 1. The minimum Gasteiger partial charge on any atom is -0.508 e. The first-order valence-electron chi connectivity index (χ1n) is 7.52. The Balaban J connectivity index is 1.79. The van der Waals surface area contributed by atoms with Gasteiger partial charge in [0, 0.05) is 18.2 Å². The van der Waals surface area contributed by atoms with Crippen molar-refractivity contribution in [2.45, 2.75) is 45.2 Å². The molecule has 0 radical (unpaired) electrons. The second-order valence-electron chi connectivity index (χ2n) is 5.48. The van der Waals surface area contributed by atoms with Crippen LogP contribution in [0.5, 0.6) is 5.75 Å². The van der Waals surface area contributed by atoms with Crippen LogP contribution in [0.1, 0.15) is 38.2 Å². The molecule has 1 saturated heterocycles. The highest BCUT2D eigenvalue weighted by Crippen LogP contribution is 2.17. The minimum absolute atomic E-state index is 0.399. The topological polar surface area (TPSA) is 35.5 Å². The van der Waals surface area contributed by atoms with Gasteiger partial charge < -0.3 is 15.3 Å². The van der Waals surface area contributed by atoms with E-state index in [1.807, 2.05) is 18.2 Å². The molecule has 0 aliphatic carbocycles. The summed E-state index contributed by atoms with van der Waals surface area (Å²) in [5.74, 6) is 0.399. The summed E-state index contributed by atoms with van der Waals surface area (Å²) in [6, 6.07) is 8.18. The van der Waals surface area contributed by atoms with E-state index in [1.54, 1.807) is 6.07 Å². The number of phenols is 1. The van der Waals surface area contributed by atoms with Crippen LogP contribution in [0.25, 0.3) is 0 Å². The van der Waals surface area contributed by atoms with Crippen LogP contribution >= 0.6 is 0 Å². The molecule has 106 valence electrons. The van der Waals surface area contributed by atoms with E-state index < -0.39 is 0 Å². The molecule has 0 aromatic heterocycles. The van der Waals surface area contributed by atoms with Crippen LogP contribution < -0.4 is 5.32 Å². The Morgan fingerprint density at radius 1 is 1.26 bits per heavy atom.